The number of unbranched alkanes of at least 4 members (excludes halogenated alkanes) is 1. The molecule has 0 saturated carbocycles. The smallest absolute Gasteiger partial charge is 0.276 e. The lowest BCUT2D eigenvalue weighted by Crippen LogP contribution is -2.27. The van der Waals surface area contributed by atoms with E-state index in [4.69, 9.17) is 4.42 Å². The van der Waals surface area contributed by atoms with Crippen LogP contribution in [-0.2, 0) is 16.6 Å². The number of hydrogen-bond donors (Lipinski definition) is 1. The van der Waals surface area contributed by atoms with E-state index in [2.05, 4.69) is 18.8 Å². The lowest BCUT2D eigenvalue weighted by Gasteiger charge is -2.14. The topological polar surface area (TPSA) is 62.6 Å². The van der Waals surface area contributed by atoms with E-state index in [-0.39, 0.29) is 5.09 Å². The van der Waals surface area contributed by atoms with Crippen LogP contribution in [0.25, 0.3) is 0 Å². The Morgan fingerprint density at radius 2 is 2.20 bits per heavy atom. The molecule has 0 unspecified atom stereocenters. The second-order valence-corrected chi connectivity index (χ2v) is 6.63. The van der Waals surface area contributed by atoms with Gasteiger partial charge in [-0.05, 0) is 37.9 Å². The molecule has 0 aromatic carbocycles. The molecule has 114 valence electrons. The predicted molar refractivity (Wildman–Crippen MR) is 80.0 cm³/mol. The SMILES string of the molecule is C=CCCCN(C)S(=O)(=O)c1ccc(CNCCC)o1. The molecule has 0 fully saturated rings. The molecule has 1 N–H and O–H groups in total. The molecule has 1 aromatic rings. The second-order valence-electron chi connectivity index (χ2n) is 4.65. The molecular formula is C14H24N2O3S. The van der Waals surface area contributed by atoms with E-state index in [0.29, 0.717) is 18.8 Å². The zero-order valence-corrected chi connectivity index (χ0v) is 13.1. The van der Waals surface area contributed by atoms with Crippen LogP contribution in [0.1, 0.15) is 31.9 Å². The van der Waals surface area contributed by atoms with Crippen LogP contribution in [0.4, 0.5) is 0 Å². The van der Waals surface area contributed by atoms with Gasteiger partial charge in [0.2, 0.25) is 5.09 Å². The molecule has 0 aliphatic carbocycles. The first-order valence-electron chi connectivity index (χ1n) is 6.89. The lowest BCUT2D eigenvalue weighted by atomic mass is 10.3. The number of hydrogen-bond acceptors (Lipinski definition) is 4. The van der Waals surface area contributed by atoms with Crippen molar-refractivity contribution in [1.82, 2.24) is 9.62 Å². The van der Waals surface area contributed by atoms with Crippen LogP contribution in [-0.4, -0.2) is 32.9 Å². The fourth-order valence-electron chi connectivity index (χ4n) is 1.71. The molecular weight excluding hydrogens is 276 g/mol. The monoisotopic (exact) mass is 300 g/mol. The number of nitrogens with zero attached hydrogens (tertiary/aromatic N) is 1. The van der Waals surface area contributed by atoms with E-state index in [1.807, 2.05) is 0 Å². The zero-order valence-electron chi connectivity index (χ0n) is 12.3. The predicted octanol–water partition coefficient (Wildman–Crippen LogP) is 2.37. The van der Waals surface area contributed by atoms with E-state index < -0.39 is 10.0 Å². The van der Waals surface area contributed by atoms with Crippen LogP contribution in [0.5, 0.6) is 0 Å². The highest BCUT2D eigenvalue weighted by molar-refractivity contribution is 7.89. The molecule has 20 heavy (non-hydrogen) atoms. The molecule has 0 spiro atoms. The van der Waals surface area contributed by atoms with Crippen molar-refractivity contribution in [1.29, 1.82) is 0 Å². The summed E-state index contributed by atoms with van der Waals surface area (Å²) in [5.74, 6) is 0.636. The van der Waals surface area contributed by atoms with Gasteiger partial charge >= 0.3 is 0 Å². The third-order valence-electron chi connectivity index (χ3n) is 2.91. The summed E-state index contributed by atoms with van der Waals surface area (Å²) in [6.45, 7) is 7.58. The molecule has 0 aliphatic heterocycles. The van der Waals surface area contributed by atoms with E-state index in [0.717, 1.165) is 25.8 Å². The first-order valence-corrected chi connectivity index (χ1v) is 8.33. The van der Waals surface area contributed by atoms with Gasteiger partial charge in [0, 0.05) is 13.6 Å². The molecule has 6 heteroatoms. The van der Waals surface area contributed by atoms with Crippen LogP contribution in [0.2, 0.25) is 0 Å². The third kappa shape index (κ3) is 4.77. The van der Waals surface area contributed by atoms with Crippen LogP contribution in [0.15, 0.2) is 34.3 Å². The number of nitrogens with one attached hydrogen (secondary N) is 1. The summed E-state index contributed by atoms with van der Waals surface area (Å²) in [6, 6.07) is 3.22. The molecule has 1 aromatic heterocycles. The summed E-state index contributed by atoms with van der Waals surface area (Å²) in [5.41, 5.74) is 0. The highest BCUT2D eigenvalue weighted by Crippen LogP contribution is 2.18. The van der Waals surface area contributed by atoms with Crippen molar-refractivity contribution in [3.8, 4) is 0 Å². The minimum absolute atomic E-state index is 0.00639. The van der Waals surface area contributed by atoms with Crippen molar-refractivity contribution in [2.45, 2.75) is 37.8 Å². The molecule has 0 radical (unpaired) electrons. The standard InChI is InChI=1S/C14H24N2O3S/c1-4-6-7-11-16(3)20(17,18)14-9-8-13(19-14)12-15-10-5-2/h4,8-9,15H,1,5-7,10-12H2,2-3H3. The van der Waals surface area contributed by atoms with E-state index in [1.54, 1.807) is 19.2 Å². The minimum atomic E-state index is -3.52. The van der Waals surface area contributed by atoms with Crippen molar-refractivity contribution < 1.29 is 12.8 Å². The Labute approximate surface area is 121 Å². The highest BCUT2D eigenvalue weighted by atomic mass is 32.2. The van der Waals surface area contributed by atoms with Crippen LogP contribution < -0.4 is 5.32 Å². The van der Waals surface area contributed by atoms with Gasteiger partial charge in [-0.15, -0.1) is 6.58 Å². The number of furan rings is 1. The third-order valence-corrected chi connectivity index (χ3v) is 4.64. The fraction of sp³-hybridized carbons (Fsp3) is 0.571. The Balaban J connectivity index is 2.64. The van der Waals surface area contributed by atoms with Gasteiger partial charge in [0.15, 0.2) is 0 Å². The molecule has 0 atom stereocenters. The number of sulfonamides is 1. The van der Waals surface area contributed by atoms with Gasteiger partial charge in [0.25, 0.3) is 10.0 Å². The molecule has 0 bridgehead atoms. The Bertz CT molecular complexity index is 508. The van der Waals surface area contributed by atoms with E-state index in [9.17, 15) is 8.42 Å². The normalized spacial score (nSPS) is 11.9. The molecule has 1 rings (SSSR count). The number of allylic oxidation sites excluding steroid dienone is 1. The van der Waals surface area contributed by atoms with Crippen molar-refractivity contribution in [2.75, 3.05) is 20.1 Å². The van der Waals surface area contributed by atoms with Crippen molar-refractivity contribution in [3.63, 3.8) is 0 Å². The average Bonchev–Trinajstić information content (AvgIpc) is 2.88. The van der Waals surface area contributed by atoms with Gasteiger partial charge in [-0.1, -0.05) is 13.0 Å². The Morgan fingerprint density at radius 3 is 2.85 bits per heavy atom. The summed E-state index contributed by atoms with van der Waals surface area (Å²) in [7, 11) is -1.96. The lowest BCUT2D eigenvalue weighted by molar-refractivity contribution is 0.379. The Hall–Kier alpha value is -1.11. The Kier molecular flexibility index (Phi) is 6.98. The maximum Gasteiger partial charge on any atom is 0.276 e. The van der Waals surface area contributed by atoms with Crippen LogP contribution in [0, 0.1) is 0 Å². The summed E-state index contributed by atoms with van der Waals surface area (Å²) in [6.07, 6.45) is 4.36. The van der Waals surface area contributed by atoms with Gasteiger partial charge in [-0.25, -0.2) is 8.42 Å². The molecule has 5 nitrogen and oxygen atoms in total. The van der Waals surface area contributed by atoms with E-state index >= 15 is 0 Å². The van der Waals surface area contributed by atoms with Crippen LogP contribution in [0.3, 0.4) is 0 Å². The largest absolute Gasteiger partial charge is 0.447 e. The molecule has 1 heterocycles. The van der Waals surface area contributed by atoms with E-state index in [1.165, 1.54) is 10.4 Å². The molecule has 0 amide bonds. The van der Waals surface area contributed by atoms with Crippen LogP contribution >= 0.6 is 0 Å². The summed E-state index contributed by atoms with van der Waals surface area (Å²) >= 11 is 0. The average molecular weight is 300 g/mol. The maximum absolute atomic E-state index is 12.3. The fourth-order valence-corrected chi connectivity index (χ4v) is 2.84. The quantitative estimate of drug-likeness (QED) is 0.532. The first kappa shape index (κ1) is 16.9. The summed E-state index contributed by atoms with van der Waals surface area (Å²) < 4.78 is 31.2. The Morgan fingerprint density at radius 1 is 1.45 bits per heavy atom. The maximum atomic E-state index is 12.3. The van der Waals surface area contributed by atoms with Crippen molar-refractivity contribution >= 4 is 10.0 Å². The summed E-state index contributed by atoms with van der Waals surface area (Å²) in [4.78, 5) is 0. The molecule has 0 aliphatic rings. The zero-order chi connectivity index (χ0) is 15.0. The van der Waals surface area contributed by atoms with Crippen molar-refractivity contribution in [2.24, 2.45) is 0 Å². The van der Waals surface area contributed by atoms with Gasteiger partial charge < -0.3 is 9.73 Å². The minimum Gasteiger partial charge on any atom is -0.447 e. The highest BCUT2D eigenvalue weighted by Gasteiger charge is 2.23. The summed E-state index contributed by atoms with van der Waals surface area (Å²) in [5, 5.41) is 3.18. The second kappa shape index (κ2) is 8.24. The van der Waals surface area contributed by atoms with Crippen molar-refractivity contribution in [3.05, 3.63) is 30.5 Å². The van der Waals surface area contributed by atoms with Gasteiger partial charge in [0.05, 0.1) is 6.54 Å². The first-order chi connectivity index (χ1) is 9.52. The number of rotatable bonds is 10. The van der Waals surface area contributed by atoms with Gasteiger partial charge in [-0.2, -0.15) is 4.31 Å². The van der Waals surface area contributed by atoms with Gasteiger partial charge in [0.1, 0.15) is 5.76 Å². The van der Waals surface area contributed by atoms with Gasteiger partial charge in [-0.3, -0.25) is 0 Å². The molecule has 0 saturated heterocycles.